The van der Waals surface area contributed by atoms with Crippen LogP contribution in [0.5, 0.6) is 0 Å². The normalized spacial score (nSPS) is 14.4. The molecule has 0 spiro atoms. The third-order valence-electron chi connectivity index (χ3n) is 4.09. The molecule has 1 aliphatic heterocycles. The van der Waals surface area contributed by atoms with Crippen LogP contribution in [0.2, 0.25) is 4.34 Å². The number of fused-ring (bicyclic) bond motifs is 1. The smallest absolute Gasteiger partial charge is 0.241 e. The van der Waals surface area contributed by atoms with E-state index in [1.165, 1.54) is 22.6 Å². The summed E-state index contributed by atoms with van der Waals surface area (Å²) in [4.78, 5) is 15.3. The highest BCUT2D eigenvalue weighted by Crippen LogP contribution is 2.26. The lowest BCUT2D eigenvalue weighted by atomic mass is 10.0. The van der Waals surface area contributed by atoms with Gasteiger partial charge in [0, 0.05) is 25.2 Å². The van der Waals surface area contributed by atoms with E-state index >= 15 is 0 Å². The zero-order chi connectivity index (χ0) is 16.9. The van der Waals surface area contributed by atoms with Gasteiger partial charge in [-0.1, -0.05) is 29.8 Å². The van der Waals surface area contributed by atoms with E-state index in [0.29, 0.717) is 13.0 Å². The van der Waals surface area contributed by atoms with Crippen molar-refractivity contribution in [3.05, 3.63) is 51.2 Å². The molecule has 0 bridgehead atoms. The minimum atomic E-state index is -0.0694. The van der Waals surface area contributed by atoms with E-state index < -0.39 is 0 Å². The summed E-state index contributed by atoms with van der Waals surface area (Å²) in [6.45, 7) is 3.58. The molecule has 0 saturated heterocycles. The molecule has 24 heavy (non-hydrogen) atoms. The third-order valence-corrected chi connectivity index (χ3v) is 5.43. The van der Waals surface area contributed by atoms with Gasteiger partial charge in [-0.05, 0) is 43.5 Å². The lowest BCUT2D eigenvalue weighted by Gasteiger charge is -2.31. The van der Waals surface area contributed by atoms with Gasteiger partial charge in [0.15, 0.2) is 0 Å². The first-order chi connectivity index (χ1) is 11.6. The summed E-state index contributed by atoms with van der Waals surface area (Å²) in [6.07, 6.45) is 2.68. The van der Waals surface area contributed by atoms with E-state index in [1.54, 1.807) is 0 Å². The first kappa shape index (κ1) is 17.0. The Morgan fingerprint density at radius 2 is 2.17 bits per heavy atom. The van der Waals surface area contributed by atoms with Crippen molar-refractivity contribution in [2.75, 3.05) is 18.0 Å². The fourth-order valence-electron chi connectivity index (χ4n) is 2.85. The number of hydrazone groups is 1. The highest BCUT2D eigenvalue weighted by molar-refractivity contribution is 7.18. The standard InChI is InChI=1S/C18H20ClN3OS/c1-13(16-8-9-17(19)24-16)20-21-18(23)10-12-22-11-4-6-14-5-2-3-7-15(14)22/h2-3,5,7-9H,4,6,10-12H2,1H3,(H,21,23)/b20-13+. The van der Waals surface area contributed by atoms with Crippen molar-refractivity contribution in [3.63, 3.8) is 0 Å². The Bertz CT molecular complexity index is 756. The van der Waals surface area contributed by atoms with Gasteiger partial charge < -0.3 is 4.90 Å². The van der Waals surface area contributed by atoms with E-state index in [9.17, 15) is 4.79 Å². The molecule has 1 aliphatic rings. The fourth-order valence-corrected chi connectivity index (χ4v) is 3.83. The molecular formula is C18H20ClN3OS. The molecule has 1 N–H and O–H groups in total. The van der Waals surface area contributed by atoms with Crippen molar-refractivity contribution in [2.24, 2.45) is 5.10 Å². The number of hydrogen-bond donors (Lipinski definition) is 1. The van der Waals surface area contributed by atoms with E-state index in [-0.39, 0.29) is 5.91 Å². The maximum absolute atomic E-state index is 12.1. The second-order valence-electron chi connectivity index (χ2n) is 5.81. The van der Waals surface area contributed by atoms with Gasteiger partial charge in [0.2, 0.25) is 5.91 Å². The zero-order valence-electron chi connectivity index (χ0n) is 13.6. The predicted molar refractivity (Wildman–Crippen MR) is 101 cm³/mol. The zero-order valence-corrected chi connectivity index (χ0v) is 15.2. The summed E-state index contributed by atoms with van der Waals surface area (Å²) in [7, 11) is 0. The van der Waals surface area contributed by atoms with Gasteiger partial charge in [-0.3, -0.25) is 4.79 Å². The number of benzene rings is 1. The van der Waals surface area contributed by atoms with Crippen molar-refractivity contribution in [2.45, 2.75) is 26.2 Å². The minimum absolute atomic E-state index is 0.0694. The topological polar surface area (TPSA) is 44.7 Å². The van der Waals surface area contributed by atoms with E-state index in [2.05, 4.69) is 39.7 Å². The Kier molecular flexibility index (Phi) is 5.53. The summed E-state index contributed by atoms with van der Waals surface area (Å²) in [5, 5.41) is 4.17. The number of rotatable bonds is 5. The fraction of sp³-hybridized carbons (Fsp3) is 0.333. The molecular weight excluding hydrogens is 342 g/mol. The van der Waals surface area contributed by atoms with Gasteiger partial charge >= 0.3 is 0 Å². The molecule has 0 aliphatic carbocycles. The van der Waals surface area contributed by atoms with E-state index in [1.807, 2.05) is 19.1 Å². The molecule has 1 aromatic carbocycles. The molecule has 0 atom stereocenters. The molecule has 0 unspecified atom stereocenters. The number of thiophene rings is 1. The second kappa shape index (κ2) is 7.81. The van der Waals surface area contributed by atoms with Crippen LogP contribution in [0.15, 0.2) is 41.5 Å². The quantitative estimate of drug-likeness (QED) is 0.644. The highest BCUT2D eigenvalue weighted by Gasteiger charge is 2.16. The van der Waals surface area contributed by atoms with Gasteiger partial charge in [0.1, 0.15) is 0 Å². The molecule has 0 fully saturated rings. The summed E-state index contributed by atoms with van der Waals surface area (Å²) < 4.78 is 0.717. The number of aryl methyl sites for hydroxylation is 1. The van der Waals surface area contributed by atoms with Gasteiger partial charge in [0.05, 0.1) is 14.9 Å². The Hall–Kier alpha value is -1.85. The van der Waals surface area contributed by atoms with Crippen LogP contribution in [-0.2, 0) is 11.2 Å². The lowest BCUT2D eigenvalue weighted by molar-refractivity contribution is -0.120. The molecule has 0 saturated carbocycles. The van der Waals surface area contributed by atoms with Crippen molar-refractivity contribution in [1.29, 1.82) is 0 Å². The molecule has 6 heteroatoms. The number of amides is 1. The van der Waals surface area contributed by atoms with Crippen LogP contribution in [0.3, 0.4) is 0 Å². The number of nitrogens with one attached hydrogen (secondary N) is 1. The van der Waals surface area contributed by atoms with Gasteiger partial charge in [0.25, 0.3) is 0 Å². The SMILES string of the molecule is C/C(=N\NC(=O)CCN1CCCc2ccccc21)c1ccc(Cl)s1. The van der Waals surface area contributed by atoms with Crippen LogP contribution < -0.4 is 10.3 Å². The Morgan fingerprint density at radius 1 is 1.33 bits per heavy atom. The minimum Gasteiger partial charge on any atom is -0.371 e. The molecule has 1 aromatic heterocycles. The van der Waals surface area contributed by atoms with Crippen LogP contribution in [0.4, 0.5) is 5.69 Å². The highest BCUT2D eigenvalue weighted by atomic mass is 35.5. The number of hydrogen-bond acceptors (Lipinski definition) is 4. The maximum Gasteiger partial charge on any atom is 0.241 e. The number of carbonyl (C=O) groups is 1. The van der Waals surface area contributed by atoms with Crippen LogP contribution in [0.25, 0.3) is 0 Å². The summed E-state index contributed by atoms with van der Waals surface area (Å²) in [5.41, 5.74) is 6.03. The molecule has 126 valence electrons. The van der Waals surface area contributed by atoms with Crippen LogP contribution in [0, 0.1) is 0 Å². The number of anilines is 1. The average Bonchev–Trinajstić information content (AvgIpc) is 3.04. The first-order valence-corrected chi connectivity index (χ1v) is 9.24. The number of nitrogens with zero attached hydrogens (tertiary/aromatic N) is 2. The van der Waals surface area contributed by atoms with Gasteiger partial charge in [-0.15, -0.1) is 11.3 Å². The van der Waals surface area contributed by atoms with Crippen LogP contribution in [-0.4, -0.2) is 24.7 Å². The van der Waals surface area contributed by atoms with Crippen molar-refractivity contribution < 1.29 is 4.79 Å². The average molecular weight is 362 g/mol. The van der Waals surface area contributed by atoms with Crippen molar-refractivity contribution in [1.82, 2.24) is 5.43 Å². The molecule has 2 aromatic rings. The lowest BCUT2D eigenvalue weighted by Crippen LogP contribution is -2.33. The monoisotopic (exact) mass is 361 g/mol. The summed E-state index contributed by atoms with van der Waals surface area (Å²) >= 11 is 7.37. The summed E-state index contributed by atoms with van der Waals surface area (Å²) in [6, 6.07) is 12.2. The maximum atomic E-state index is 12.1. The first-order valence-electron chi connectivity index (χ1n) is 8.05. The molecule has 2 heterocycles. The van der Waals surface area contributed by atoms with E-state index in [4.69, 9.17) is 11.6 Å². The third kappa shape index (κ3) is 4.16. The predicted octanol–water partition coefficient (Wildman–Crippen LogP) is 4.08. The number of halogens is 1. The number of carbonyl (C=O) groups excluding carboxylic acids is 1. The Morgan fingerprint density at radius 3 is 2.96 bits per heavy atom. The molecule has 3 rings (SSSR count). The van der Waals surface area contributed by atoms with Crippen molar-refractivity contribution in [3.8, 4) is 0 Å². The Labute approximate surface area is 151 Å². The Balaban J connectivity index is 1.53. The van der Waals surface area contributed by atoms with Gasteiger partial charge in [-0.2, -0.15) is 5.10 Å². The van der Waals surface area contributed by atoms with Crippen molar-refractivity contribution >= 4 is 40.2 Å². The van der Waals surface area contributed by atoms with Crippen LogP contribution >= 0.6 is 22.9 Å². The van der Waals surface area contributed by atoms with Crippen LogP contribution in [0.1, 0.15) is 30.2 Å². The largest absolute Gasteiger partial charge is 0.371 e. The summed E-state index contributed by atoms with van der Waals surface area (Å²) in [5.74, 6) is -0.0694. The molecule has 4 nitrogen and oxygen atoms in total. The second-order valence-corrected chi connectivity index (χ2v) is 7.52. The molecule has 1 amide bonds. The number of para-hydroxylation sites is 1. The van der Waals surface area contributed by atoms with E-state index in [0.717, 1.165) is 34.3 Å². The molecule has 0 radical (unpaired) electrons. The van der Waals surface area contributed by atoms with Gasteiger partial charge in [-0.25, -0.2) is 5.43 Å².